The van der Waals surface area contributed by atoms with Crippen LogP contribution in [0.5, 0.6) is 5.75 Å². The van der Waals surface area contributed by atoms with Gasteiger partial charge in [-0.3, -0.25) is 9.80 Å². The Hall–Kier alpha value is -2.00. The number of morpholine rings is 1. The van der Waals surface area contributed by atoms with Gasteiger partial charge in [0.15, 0.2) is 5.82 Å². The second-order valence-electron chi connectivity index (χ2n) is 7.87. The first kappa shape index (κ1) is 20.3. The average molecular weight is 402 g/mol. The van der Waals surface area contributed by atoms with Gasteiger partial charge in [0.1, 0.15) is 18.5 Å². The molecule has 1 N–H and O–H groups in total. The molecule has 0 aliphatic carbocycles. The Bertz CT molecular complexity index is 728. The highest BCUT2D eigenvalue weighted by atomic mass is 16.5. The number of β-amino-alcohol motifs (C(OH)–C–C–N with tert-alkyl or cyclic N) is 1. The van der Waals surface area contributed by atoms with E-state index in [2.05, 4.69) is 32.1 Å². The van der Waals surface area contributed by atoms with Gasteiger partial charge in [0, 0.05) is 32.1 Å². The van der Waals surface area contributed by atoms with Gasteiger partial charge in [-0.05, 0) is 43.6 Å². The van der Waals surface area contributed by atoms with Gasteiger partial charge in [-0.25, -0.2) is 0 Å². The van der Waals surface area contributed by atoms with Gasteiger partial charge in [-0.15, -0.1) is 0 Å². The Morgan fingerprint density at radius 2 is 1.97 bits per heavy atom. The minimum absolute atomic E-state index is 0.302. The van der Waals surface area contributed by atoms with Crippen molar-refractivity contribution in [3.05, 3.63) is 42.0 Å². The largest absolute Gasteiger partial charge is 0.491 e. The van der Waals surface area contributed by atoms with Gasteiger partial charge in [0.05, 0.1) is 13.2 Å². The van der Waals surface area contributed by atoms with Crippen LogP contribution in [0.2, 0.25) is 0 Å². The molecule has 2 aromatic rings. The minimum Gasteiger partial charge on any atom is -0.491 e. The summed E-state index contributed by atoms with van der Waals surface area (Å²) in [6, 6.07) is 8.17. The van der Waals surface area contributed by atoms with E-state index < -0.39 is 6.10 Å². The van der Waals surface area contributed by atoms with Gasteiger partial charge in [-0.2, -0.15) is 4.98 Å². The van der Waals surface area contributed by atoms with Crippen LogP contribution in [0.4, 0.5) is 0 Å². The standard InChI is InChI=1S/C21H30N4O4/c26-19(14-25-8-10-27-11-9-25)15-28-20-3-1-2-17(12-20)13-24-6-4-18(5-7-24)21-22-16-29-23-21/h1-3,12,16,18-19,26H,4-11,13-15H2/t19-/m1/s1. The lowest BCUT2D eigenvalue weighted by molar-refractivity contribution is 0.00464. The third kappa shape index (κ3) is 5.99. The van der Waals surface area contributed by atoms with Crippen LogP contribution in [0.1, 0.15) is 30.1 Å². The summed E-state index contributed by atoms with van der Waals surface area (Å²) in [5.41, 5.74) is 1.23. The molecule has 0 unspecified atom stereocenters. The number of piperidine rings is 1. The highest BCUT2D eigenvalue weighted by Gasteiger charge is 2.23. The van der Waals surface area contributed by atoms with Crippen molar-refractivity contribution < 1.29 is 19.1 Å². The molecule has 1 aromatic carbocycles. The van der Waals surface area contributed by atoms with E-state index >= 15 is 0 Å². The summed E-state index contributed by atoms with van der Waals surface area (Å²) >= 11 is 0. The van der Waals surface area contributed by atoms with E-state index in [-0.39, 0.29) is 0 Å². The van der Waals surface area contributed by atoms with Crippen LogP contribution < -0.4 is 4.74 Å². The Kier molecular flexibility index (Phi) is 7.10. The lowest BCUT2D eigenvalue weighted by Crippen LogP contribution is -2.42. The van der Waals surface area contributed by atoms with Crippen molar-refractivity contribution in [3.8, 4) is 5.75 Å². The van der Waals surface area contributed by atoms with E-state index in [1.807, 2.05) is 12.1 Å². The van der Waals surface area contributed by atoms with Gasteiger partial charge in [0.2, 0.25) is 6.39 Å². The monoisotopic (exact) mass is 402 g/mol. The van der Waals surface area contributed by atoms with E-state index in [9.17, 15) is 5.11 Å². The van der Waals surface area contributed by atoms with Gasteiger partial charge in [-0.1, -0.05) is 17.3 Å². The summed E-state index contributed by atoms with van der Waals surface area (Å²) in [5, 5.41) is 14.2. The summed E-state index contributed by atoms with van der Waals surface area (Å²) in [5.74, 6) is 2.04. The zero-order chi connectivity index (χ0) is 19.9. The number of aliphatic hydroxyl groups excluding tert-OH is 1. The number of hydrogen-bond donors (Lipinski definition) is 1. The molecule has 4 rings (SSSR count). The van der Waals surface area contributed by atoms with Crippen molar-refractivity contribution in [2.45, 2.75) is 31.4 Å². The summed E-state index contributed by atoms with van der Waals surface area (Å²) in [7, 11) is 0. The number of aromatic nitrogens is 2. The zero-order valence-corrected chi connectivity index (χ0v) is 16.8. The Balaban J connectivity index is 1.21. The van der Waals surface area contributed by atoms with Crippen LogP contribution in [0, 0.1) is 0 Å². The molecule has 1 atom stereocenters. The van der Waals surface area contributed by atoms with Gasteiger partial charge in [0.25, 0.3) is 0 Å². The van der Waals surface area contributed by atoms with Crippen molar-refractivity contribution in [1.29, 1.82) is 0 Å². The van der Waals surface area contributed by atoms with Crippen LogP contribution >= 0.6 is 0 Å². The second kappa shape index (κ2) is 10.2. The molecule has 2 aliphatic heterocycles. The molecule has 29 heavy (non-hydrogen) atoms. The molecule has 0 radical (unpaired) electrons. The SMILES string of the molecule is O[C@@H](COc1cccc(CN2CCC(c3ncon3)CC2)c1)CN1CCOCC1. The lowest BCUT2D eigenvalue weighted by Gasteiger charge is -2.30. The predicted octanol–water partition coefficient (Wildman–Crippen LogP) is 1.52. The first-order chi connectivity index (χ1) is 14.3. The fourth-order valence-electron chi connectivity index (χ4n) is 4.03. The van der Waals surface area contributed by atoms with Crippen LogP contribution in [0.3, 0.4) is 0 Å². The van der Waals surface area contributed by atoms with Crippen molar-refractivity contribution in [2.75, 3.05) is 52.5 Å². The number of hydrogen-bond acceptors (Lipinski definition) is 8. The van der Waals surface area contributed by atoms with Gasteiger partial charge < -0.3 is 19.1 Å². The summed E-state index contributed by atoms with van der Waals surface area (Å²) in [4.78, 5) is 8.85. The minimum atomic E-state index is -0.499. The quantitative estimate of drug-likeness (QED) is 0.712. The molecule has 1 aromatic heterocycles. The Labute approximate surface area is 171 Å². The zero-order valence-electron chi connectivity index (χ0n) is 16.8. The number of benzene rings is 1. The number of nitrogens with zero attached hydrogens (tertiary/aromatic N) is 4. The third-order valence-corrected chi connectivity index (χ3v) is 5.65. The highest BCUT2D eigenvalue weighted by Crippen LogP contribution is 2.26. The topological polar surface area (TPSA) is 84.1 Å². The molecule has 2 saturated heterocycles. The smallest absolute Gasteiger partial charge is 0.213 e. The molecule has 158 valence electrons. The van der Waals surface area contributed by atoms with Crippen molar-refractivity contribution in [1.82, 2.24) is 19.9 Å². The maximum atomic E-state index is 10.3. The lowest BCUT2D eigenvalue weighted by atomic mass is 9.96. The maximum Gasteiger partial charge on any atom is 0.213 e. The summed E-state index contributed by atoms with van der Waals surface area (Å²) in [6.07, 6.45) is 3.00. The molecule has 0 spiro atoms. The fourth-order valence-corrected chi connectivity index (χ4v) is 4.03. The molecule has 2 aliphatic rings. The molecular weight excluding hydrogens is 372 g/mol. The summed E-state index contributed by atoms with van der Waals surface area (Å²) < 4.78 is 16.1. The van der Waals surface area contributed by atoms with E-state index in [4.69, 9.17) is 14.0 Å². The normalized spacial score (nSPS) is 20.6. The van der Waals surface area contributed by atoms with Crippen LogP contribution in [-0.4, -0.2) is 83.7 Å². The molecular formula is C21H30N4O4. The van der Waals surface area contributed by atoms with E-state index in [0.29, 0.717) is 19.1 Å². The second-order valence-corrected chi connectivity index (χ2v) is 7.87. The van der Waals surface area contributed by atoms with Crippen LogP contribution in [-0.2, 0) is 11.3 Å². The highest BCUT2D eigenvalue weighted by molar-refractivity contribution is 5.28. The van der Waals surface area contributed by atoms with Crippen LogP contribution in [0.25, 0.3) is 0 Å². The average Bonchev–Trinajstić information content (AvgIpc) is 3.29. The Morgan fingerprint density at radius 1 is 1.14 bits per heavy atom. The number of aliphatic hydroxyl groups is 1. The molecule has 8 heteroatoms. The van der Waals surface area contributed by atoms with E-state index in [0.717, 1.165) is 70.4 Å². The predicted molar refractivity (Wildman–Crippen MR) is 107 cm³/mol. The van der Waals surface area contributed by atoms with Crippen molar-refractivity contribution >= 4 is 0 Å². The Morgan fingerprint density at radius 3 is 2.72 bits per heavy atom. The first-order valence-electron chi connectivity index (χ1n) is 10.4. The number of rotatable bonds is 8. The maximum absolute atomic E-state index is 10.3. The van der Waals surface area contributed by atoms with E-state index in [1.54, 1.807) is 0 Å². The molecule has 0 saturated carbocycles. The van der Waals surface area contributed by atoms with Crippen molar-refractivity contribution in [3.63, 3.8) is 0 Å². The first-order valence-corrected chi connectivity index (χ1v) is 10.4. The number of likely N-dealkylation sites (tertiary alicyclic amines) is 1. The molecule has 3 heterocycles. The van der Waals surface area contributed by atoms with E-state index in [1.165, 1.54) is 12.0 Å². The van der Waals surface area contributed by atoms with Crippen molar-refractivity contribution in [2.24, 2.45) is 0 Å². The van der Waals surface area contributed by atoms with Crippen LogP contribution in [0.15, 0.2) is 35.2 Å². The fraction of sp³-hybridized carbons (Fsp3) is 0.619. The molecule has 0 amide bonds. The molecule has 8 nitrogen and oxygen atoms in total. The van der Waals surface area contributed by atoms with Gasteiger partial charge >= 0.3 is 0 Å². The molecule has 0 bridgehead atoms. The molecule has 2 fully saturated rings. The number of ether oxygens (including phenoxy) is 2. The summed E-state index contributed by atoms with van der Waals surface area (Å²) in [6.45, 7) is 7.07. The third-order valence-electron chi connectivity index (χ3n) is 5.65.